The van der Waals surface area contributed by atoms with E-state index in [9.17, 15) is 12.8 Å². The molecule has 3 N–H and O–H groups in total. The minimum Gasteiger partial charge on any atom is -0.393 e. The lowest BCUT2D eigenvalue weighted by Gasteiger charge is -2.16. The van der Waals surface area contributed by atoms with Crippen molar-refractivity contribution < 1.29 is 12.8 Å². The predicted molar refractivity (Wildman–Crippen MR) is 79.9 cm³/mol. The molecule has 0 bridgehead atoms. The van der Waals surface area contributed by atoms with Gasteiger partial charge < -0.3 is 5.73 Å². The normalized spacial score (nSPS) is 13.2. The van der Waals surface area contributed by atoms with Gasteiger partial charge in [-0.05, 0) is 24.6 Å². The van der Waals surface area contributed by atoms with E-state index in [0.717, 1.165) is 6.07 Å². The van der Waals surface area contributed by atoms with Gasteiger partial charge in [0.2, 0.25) is 10.0 Å². The largest absolute Gasteiger partial charge is 0.393 e. The number of hydrogen-bond donors (Lipinski definition) is 2. The summed E-state index contributed by atoms with van der Waals surface area (Å²) in [5.74, 6) is -0.813. The second-order valence-corrected chi connectivity index (χ2v) is 7.09. The molecule has 0 aliphatic rings. The lowest BCUT2D eigenvalue weighted by Crippen LogP contribution is -2.37. The Bertz CT molecular complexity index is 578. The van der Waals surface area contributed by atoms with Gasteiger partial charge in [0, 0.05) is 16.9 Å². The third-order valence-corrected chi connectivity index (χ3v) is 4.66. The van der Waals surface area contributed by atoms with Gasteiger partial charge in [-0.25, -0.2) is 17.5 Å². The second-order valence-electron chi connectivity index (χ2n) is 3.97. The zero-order valence-corrected chi connectivity index (χ0v) is 13.4. The first kappa shape index (κ1) is 16.5. The van der Waals surface area contributed by atoms with Gasteiger partial charge >= 0.3 is 0 Å². The Morgan fingerprint density at radius 1 is 1.58 bits per heavy atom. The van der Waals surface area contributed by atoms with Crippen molar-refractivity contribution in [3.05, 3.63) is 28.5 Å². The molecule has 0 fully saturated rings. The summed E-state index contributed by atoms with van der Waals surface area (Å²) in [6, 6.07) is 3.33. The zero-order valence-electron chi connectivity index (χ0n) is 10.2. The highest BCUT2D eigenvalue weighted by atomic mass is 79.9. The number of hydrogen-bond acceptors (Lipinski definition) is 3. The van der Waals surface area contributed by atoms with Crippen LogP contribution in [0, 0.1) is 5.82 Å². The van der Waals surface area contributed by atoms with Crippen molar-refractivity contribution in [2.45, 2.75) is 30.7 Å². The molecule has 1 aromatic rings. The molecule has 0 aliphatic heterocycles. The van der Waals surface area contributed by atoms with Crippen molar-refractivity contribution in [3.63, 3.8) is 0 Å². The third kappa shape index (κ3) is 4.79. The van der Waals surface area contributed by atoms with Crippen LogP contribution in [0.5, 0.6) is 0 Å². The van der Waals surface area contributed by atoms with Crippen molar-refractivity contribution in [1.82, 2.24) is 4.72 Å². The Labute approximate surface area is 125 Å². The predicted octanol–water partition coefficient (Wildman–Crippen LogP) is 2.32. The van der Waals surface area contributed by atoms with Gasteiger partial charge in [0.05, 0.1) is 4.99 Å². The Hall–Kier alpha value is -0.570. The molecule has 0 aliphatic carbocycles. The van der Waals surface area contributed by atoms with Gasteiger partial charge in [0.25, 0.3) is 0 Å². The average Bonchev–Trinajstić information content (AvgIpc) is 2.26. The number of rotatable bonds is 6. The Morgan fingerprint density at radius 3 is 2.68 bits per heavy atom. The van der Waals surface area contributed by atoms with E-state index in [0.29, 0.717) is 10.9 Å². The molecular weight excluding hydrogens is 355 g/mol. The molecule has 106 valence electrons. The number of halogens is 2. The zero-order chi connectivity index (χ0) is 14.6. The number of thiocarbonyl (C=S) groups is 1. The minimum atomic E-state index is -3.93. The van der Waals surface area contributed by atoms with Gasteiger partial charge in [0.15, 0.2) is 0 Å². The summed E-state index contributed by atoms with van der Waals surface area (Å²) in [5, 5.41) is 0. The average molecular weight is 369 g/mol. The molecule has 0 heterocycles. The summed E-state index contributed by atoms with van der Waals surface area (Å²) in [5.41, 5.74) is 5.39. The molecule has 1 rings (SSSR count). The van der Waals surface area contributed by atoms with E-state index in [-0.39, 0.29) is 11.4 Å². The van der Waals surface area contributed by atoms with E-state index in [4.69, 9.17) is 18.0 Å². The highest BCUT2D eigenvalue weighted by Gasteiger charge is 2.22. The van der Waals surface area contributed by atoms with Crippen LogP contribution in [0.3, 0.4) is 0 Å². The van der Waals surface area contributed by atoms with Crippen LogP contribution in [0.15, 0.2) is 27.6 Å². The monoisotopic (exact) mass is 368 g/mol. The smallest absolute Gasteiger partial charge is 0.243 e. The van der Waals surface area contributed by atoms with Gasteiger partial charge in [0.1, 0.15) is 10.7 Å². The maximum absolute atomic E-state index is 13.7. The molecule has 0 saturated heterocycles. The highest BCUT2D eigenvalue weighted by molar-refractivity contribution is 9.10. The molecule has 0 radical (unpaired) electrons. The summed E-state index contributed by atoms with van der Waals surface area (Å²) < 4.78 is 40.7. The summed E-state index contributed by atoms with van der Waals surface area (Å²) >= 11 is 7.82. The molecular formula is C11H14BrFN2O2S2. The molecule has 19 heavy (non-hydrogen) atoms. The van der Waals surface area contributed by atoms with E-state index in [1.54, 1.807) is 6.92 Å². The van der Waals surface area contributed by atoms with E-state index < -0.39 is 26.8 Å². The van der Waals surface area contributed by atoms with Crippen molar-refractivity contribution >= 4 is 43.2 Å². The molecule has 1 unspecified atom stereocenters. The van der Waals surface area contributed by atoms with Crippen LogP contribution in [0.2, 0.25) is 0 Å². The first-order valence-corrected chi connectivity index (χ1v) is 8.20. The van der Waals surface area contributed by atoms with E-state index in [1.807, 2.05) is 0 Å². The molecule has 8 heteroatoms. The van der Waals surface area contributed by atoms with Crippen LogP contribution in [0.1, 0.15) is 19.8 Å². The van der Waals surface area contributed by atoms with Crippen LogP contribution in [0.25, 0.3) is 0 Å². The summed E-state index contributed by atoms with van der Waals surface area (Å²) in [6.07, 6.45) is 0.748. The summed E-state index contributed by atoms with van der Waals surface area (Å²) in [7, 11) is -3.93. The standard InChI is InChI=1S/C11H14BrFN2O2S2/c1-2-8(6-11(14)18)15-19(16,17)10-4-3-7(12)5-9(10)13/h3-5,8,15H,2,6H2,1H3,(H2,14,18). The maximum atomic E-state index is 13.7. The van der Waals surface area contributed by atoms with Crippen LogP contribution in [-0.4, -0.2) is 19.4 Å². The van der Waals surface area contributed by atoms with Crippen LogP contribution in [0.4, 0.5) is 4.39 Å². The first-order chi connectivity index (χ1) is 8.76. The summed E-state index contributed by atoms with van der Waals surface area (Å²) in [4.78, 5) is -0.178. The van der Waals surface area contributed by atoms with Crippen molar-refractivity contribution in [1.29, 1.82) is 0 Å². The number of sulfonamides is 1. The quantitative estimate of drug-likeness (QED) is 0.755. The van der Waals surface area contributed by atoms with Crippen molar-refractivity contribution in [2.24, 2.45) is 5.73 Å². The molecule has 0 aromatic heterocycles. The topological polar surface area (TPSA) is 72.2 Å². The number of nitrogens with two attached hydrogens (primary N) is 1. The third-order valence-electron chi connectivity index (χ3n) is 2.45. The van der Waals surface area contributed by atoms with E-state index >= 15 is 0 Å². The van der Waals surface area contributed by atoms with Crippen LogP contribution < -0.4 is 10.5 Å². The SMILES string of the molecule is CCC(CC(N)=S)NS(=O)(=O)c1ccc(Br)cc1F. The Balaban J connectivity index is 3.00. The number of nitrogens with one attached hydrogen (secondary N) is 1. The molecule has 0 amide bonds. The van der Waals surface area contributed by atoms with E-state index in [1.165, 1.54) is 12.1 Å². The van der Waals surface area contributed by atoms with Gasteiger partial charge in [-0.2, -0.15) is 0 Å². The fourth-order valence-electron chi connectivity index (χ4n) is 1.49. The van der Waals surface area contributed by atoms with Crippen LogP contribution in [-0.2, 0) is 10.0 Å². The number of benzene rings is 1. The first-order valence-electron chi connectivity index (χ1n) is 5.52. The van der Waals surface area contributed by atoms with E-state index in [2.05, 4.69) is 20.7 Å². The molecule has 0 saturated carbocycles. The Kier molecular flexibility index (Phi) is 5.84. The lowest BCUT2D eigenvalue weighted by atomic mass is 10.2. The second kappa shape index (κ2) is 6.74. The van der Waals surface area contributed by atoms with Gasteiger partial charge in [-0.3, -0.25) is 0 Å². The van der Waals surface area contributed by atoms with Crippen molar-refractivity contribution in [2.75, 3.05) is 0 Å². The van der Waals surface area contributed by atoms with Crippen molar-refractivity contribution in [3.8, 4) is 0 Å². The lowest BCUT2D eigenvalue weighted by molar-refractivity contribution is 0.532. The van der Waals surface area contributed by atoms with Gasteiger partial charge in [-0.15, -0.1) is 0 Å². The van der Waals surface area contributed by atoms with Crippen LogP contribution >= 0.6 is 28.1 Å². The van der Waals surface area contributed by atoms with Gasteiger partial charge in [-0.1, -0.05) is 35.1 Å². The highest BCUT2D eigenvalue weighted by Crippen LogP contribution is 2.20. The molecule has 4 nitrogen and oxygen atoms in total. The maximum Gasteiger partial charge on any atom is 0.243 e. The molecule has 1 aromatic carbocycles. The molecule has 0 spiro atoms. The molecule has 1 atom stereocenters. The minimum absolute atomic E-state index is 0.214. The Morgan fingerprint density at radius 2 is 2.21 bits per heavy atom. The summed E-state index contributed by atoms with van der Waals surface area (Å²) in [6.45, 7) is 1.80. The fraction of sp³-hybridized carbons (Fsp3) is 0.364. The fourth-order valence-corrected chi connectivity index (χ4v) is 3.40.